The maximum atomic E-state index is 12.9. The molecule has 0 rings (SSSR count). The normalized spacial score (nSPS) is 14.5. The maximum Gasteiger partial charge on any atom is 0.472 e. The lowest BCUT2D eigenvalue weighted by Crippen LogP contribution is -2.30. The highest BCUT2D eigenvalue weighted by Gasteiger charge is 2.30. The van der Waals surface area contributed by atoms with Crippen molar-refractivity contribution in [2.45, 2.75) is 311 Å². The van der Waals surface area contributed by atoms with E-state index < -0.39 is 97.5 Å². The standard InChI is InChI=1S/C62H120O17P2/c1-52(2)38-30-22-14-10-9-11-17-28-36-44-61(66)78-57(48-72-59(64)42-34-26-18-12-15-23-31-39-53(3)4)50-76-80(68,69)74-46-56(63)47-75-81(70,71)77-51-58(49-73-60(65)43-35-27-21-20-25-33-41-55(7)8)79-62(67)45-37-29-19-13-16-24-32-40-54(5)6/h52-58,63H,9-51H2,1-8H3,(H,68,69)(H,70,71)/t56?,57-,58-/m1/s1. The lowest BCUT2D eigenvalue weighted by atomic mass is 10.0. The zero-order valence-corrected chi connectivity index (χ0v) is 54.2. The highest BCUT2D eigenvalue weighted by Crippen LogP contribution is 2.45. The Morgan fingerprint density at radius 2 is 0.519 bits per heavy atom. The van der Waals surface area contributed by atoms with E-state index in [1.54, 1.807) is 0 Å². The average molecular weight is 1200 g/mol. The molecule has 17 nitrogen and oxygen atoms in total. The highest BCUT2D eigenvalue weighted by atomic mass is 31.2. The van der Waals surface area contributed by atoms with Crippen LogP contribution < -0.4 is 0 Å². The summed E-state index contributed by atoms with van der Waals surface area (Å²) in [5, 5.41) is 10.5. The summed E-state index contributed by atoms with van der Waals surface area (Å²) in [5.41, 5.74) is 0. The molecule has 480 valence electrons. The number of aliphatic hydroxyl groups is 1. The first-order valence-electron chi connectivity index (χ1n) is 32.2. The zero-order valence-electron chi connectivity index (χ0n) is 52.4. The van der Waals surface area contributed by atoms with Crippen molar-refractivity contribution in [1.82, 2.24) is 0 Å². The number of phosphoric acid groups is 2. The minimum atomic E-state index is -4.94. The molecule has 0 bridgehead atoms. The van der Waals surface area contributed by atoms with E-state index in [1.165, 1.54) is 83.5 Å². The largest absolute Gasteiger partial charge is 0.472 e. The van der Waals surface area contributed by atoms with Crippen LogP contribution in [-0.2, 0) is 65.4 Å². The van der Waals surface area contributed by atoms with Crippen molar-refractivity contribution in [1.29, 1.82) is 0 Å². The Hall–Kier alpha value is -1.94. The summed E-state index contributed by atoms with van der Waals surface area (Å²) in [6, 6.07) is 0. The Labute approximate surface area is 492 Å². The second-order valence-corrected chi connectivity index (χ2v) is 27.3. The third kappa shape index (κ3) is 56.9. The van der Waals surface area contributed by atoms with Crippen LogP contribution >= 0.6 is 15.6 Å². The third-order valence-electron chi connectivity index (χ3n) is 14.1. The first kappa shape index (κ1) is 79.1. The van der Waals surface area contributed by atoms with Gasteiger partial charge >= 0.3 is 39.5 Å². The monoisotopic (exact) mass is 1200 g/mol. The molecule has 5 atom stereocenters. The van der Waals surface area contributed by atoms with Crippen molar-refractivity contribution in [2.24, 2.45) is 23.7 Å². The minimum Gasteiger partial charge on any atom is -0.462 e. The van der Waals surface area contributed by atoms with Crippen LogP contribution in [0.25, 0.3) is 0 Å². The molecule has 0 aliphatic carbocycles. The molecule has 0 aliphatic heterocycles. The fraction of sp³-hybridized carbons (Fsp3) is 0.935. The smallest absolute Gasteiger partial charge is 0.462 e. The van der Waals surface area contributed by atoms with Crippen LogP contribution in [-0.4, -0.2) is 96.7 Å². The van der Waals surface area contributed by atoms with Crippen LogP contribution in [0.5, 0.6) is 0 Å². The number of phosphoric ester groups is 2. The minimum absolute atomic E-state index is 0.102. The molecule has 81 heavy (non-hydrogen) atoms. The van der Waals surface area contributed by atoms with Crippen LogP contribution in [0.4, 0.5) is 0 Å². The molecule has 0 heterocycles. The molecule has 0 radical (unpaired) electrons. The summed E-state index contributed by atoms with van der Waals surface area (Å²) in [5.74, 6) is 0.671. The lowest BCUT2D eigenvalue weighted by Gasteiger charge is -2.21. The fourth-order valence-electron chi connectivity index (χ4n) is 9.08. The van der Waals surface area contributed by atoms with Crippen molar-refractivity contribution >= 4 is 39.5 Å². The second kappa shape index (κ2) is 52.4. The first-order valence-corrected chi connectivity index (χ1v) is 35.2. The molecular formula is C62H120O17P2. The van der Waals surface area contributed by atoms with Crippen LogP contribution in [0.2, 0.25) is 0 Å². The predicted octanol–water partition coefficient (Wildman–Crippen LogP) is 16.6. The Morgan fingerprint density at radius 3 is 0.765 bits per heavy atom. The van der Waals surface area contributed by atoms with Gasteiger partial charge in [-0.05, 0) is 49.4 Å². The van der Waals surface area contributed by atoms with Gasteiger partial charge in [0.25, 0.3) is 0 Å². The van der Waals surface area contributed by atoms with E-state index in [0.29, 0.717) is 43.4 Å². The molecule has 3 unspecified atom stereocenters. The van der Waals surface area contributed by atoms with Gasteiger partial charge in [0.1, 0.15) is 19.3 Å². The Kier molecular flexibility index (Phi) is 51.1. The summed E-state index contributed by atoms with van der Waals surface area (Å²) in [4.78, 5) is 72.1. The number of carbonyl (C=O) groups is 4. The molecule has 0 aromatic heterocycles. The predicted molar refractivity (Wildman–Crippen MR) is 321 cm³/mol. The third-order valence-corrected chi connectivity index (χ3v) is 16.0. The molecule has 0 aliphatic rings. The van der Waals surface area contributed by atoms with Crippen molar-refractivity contribution in [3.63, 3.8) is 0 Å². The maximum absolute atomic E-state index is 12.9. The summed E-state index contributed by atoms with van der Waals surface area (Å²) >= 11 is 0. The van der Waals surface area contributed by atoms with E-state index in [4.69, 9.17) is 37.0 Å². The molecule has 0 aromatic carbocycles. The number of hydrogen-bond acceptors (Lipinski definition) is 15. The molecule has 0 amide bonds. The molecule has 0 saturated carbocycles. The van der Waals surface area contributed by atoms with E-state index >= 15 is 0 Å². The number of rotatable bonds is 59. The van der Waals surface area contributed by atoms with E-state index in [9.17, 15) is 43.2 Å². The quantitative estimate of drug-likeness (QED) is 0.0222. The van der Waals surface area contributed by atoms with Gasteiger partial charge in [0.15, 0.2) is 12.2 Å². The molecule has 0 saturated heterocycles. The number of esters is 4. The fourth-order valence-corrected chi connectivity index (χ4v) is 10.7. The van der Waals surface area contributed by atoms with E-state index in [2.05, 4.69) is 55.4 Å². The lowest BCUT2D eigenvalue weighted by molar-refractivity contribution is -0.161. The van der Waals surface area contributed by atoms with Crippen molar-refractivity contribution in [3.05, 3.63) is 0 Å². The van der Waals surface area contributed by atoms with Gasteiger partial charge in [0.05, 0.1) is 26.4 Å². The number of unbranched alkanes of at least 4 members (excludes halogenated alkanes) is 25. The molecular weight excluding hydrogens is 1080 g/mol. The number of hydrogen-bond donors (Lipinski definition) is 3. The second-order valence-electron chi connectivity index (χ2n) is 24.3. The first-order chi connectivity index (χ1) is 38.6. The Bertz CT molecular complexity index is 1630. The van der Waals surface area contributed by atoms with Crippen molar-refractivity contribution in [3.8, 4) is 0 Å². The van der Waals surface area contributed by atoms with E-state index in [0.717, 1.165) is 109 Å². The van der Waals surface area contributed by atoms with Crippen LogP contribution in [0.1, 0.15) is 293 Å². The SMILES string of the molecule is CC(C)CCCCCCCCCCCC(=O)O[C@H](COC(=O)CCCCCCCCCC(C)C)COP(=O)(O)OCC(O)COP(=O)(O)OC[C@@H](COC(=O)CCCCCCCCC(C)C)OC(=O)CCCCCCCCCC(C)C. The van der Waals surface area contributed by atoms with E-state index in [-0.39, 0.29) is 25.7 Å². The molecule has 0 fully saturated rings. The van der Waals surface area contributed by atoms with Crippen LogP contribution in [0.15, 0.2) is 0 Å². The van der Waals surface area contributed by atoms with Gasteiger partial charge in [-0.15, -0.1) is 0 Å². The highest BCUT2D eigenvalue weighted by molar-refractivity contribution is 7.47. The zero-order chi connectivity index (χ0) is 60.4. The summed E-state index contributed by atoms with van der Waals surface area (Å²) in [6.07, 6.45) is 31.1. The van der Waals surface area contributed by atoms with Crippen LogP contribution in [0.3, 0.4) is 0 Å². The molecule has 0 aromatic rings. The summed E-state index contributed by atoms with van der Waals surface area (Å²) in [7, 11) is -9.88. The number of ether oxygens (including phenoxy) is 4. The number of carbonyl (C=O) groups excluding carboxylic acids is 4. The van der Waals surface area contributed by atoms with Gasteiger partial charge in [-0.25, -0.2) is 9.13 Å². The molecule has 3 N–H and O–H groups in total. The van der Waals surface area contributed by atoms with Gasteiger partial charge in [0, 0.05) is 25.7 Å². The van der Waals surface area contributed by atoms with Crippen LogP contribution in [0, 0.1) is 23.7 Å². The number of aliphatic hydroxyl groups excluding tert-OH is 1. The summed E-state index contributed by atoms with van der Waals surface area (Å²) in [6.45, 7) is 13.8. The van der Waals surface area contributed by atoms with Gasteiger partial charge in [-0.1, -0.05) is 242 Å². The van der Waals surface area contributed by atoms with Gasteiger partial charge < -0.3 is 33.8 Å². The molecule has 19 heteroatoms. The summed E-state index contributed by atoms with van der Waals surface area (Å²) < 4.78 is 67.8. The van der Waals surface area contributed by atoms with Gasteiger partial charge in [-0.2, -0.15) is 0 Å². The molecule has 0 spiro atoms. The van der Waals surface area contributed by atoms with Gasteiger partial charge in [-0.3, -0.25) is 37.3 Å². The Morgan fingerprint density at radius 1 is 0.309 bits per heavy atom. The van der Waals surface area contributed by atoms with E-state index in [1.807, 2.05) is 0 Å². The van der Waals surface area contributed by atoms with Gasteiger partial charge in [0.2, 0.25) is 0 Å². The topological polar surface area (TPSA) is 237 Å². The van der Waals surface area contributed by atoms with Crippen molar-refractivity contribution in [2.75, 3.05) is 39.6 Å². The van der Waals surface area contributed by atoms with Crippen molar-refractivity contribution < 1.29 is 80.2 Å². The Balaban J connectivity index is 5.25. The average Bonchev–Trinajstić information content (AvgIpc) is 3.39.